The van der Waals surface area contributed by atoms with Crippen LogP contribution in [0.1, 0.15) is 80.8 Å². The van der Waals surface area contributed by atoms with Crippen molar-refractivity contribution in [2.45, 2.75) is 66.2 Å². The van der Waals surface area contributed by atoms with E-state index in [4.69, 9.17) is 4.74 Å². The minimum absolute atomic E-state index is 0.0301. The summed E-state index contributed by atoms with van der Waals surface area (Å²) in [6, 6.07) is 15.6. The monoisotopic (exact) mass is 509 g/mol. The highest BCUT2D eigenvalue weighted by atomic mass is 16.5. The molecule has 6 nitrogen and oxygen atoms in total. The molecule has 2 aromatic carbocycles. The topological polar surface area (TPSA) is 72.5 Å². The van der Waals surface area contributed by atoms with Crippen molar-refractivity contribution < 1.29 is 23.6 Å². The molecule has 0 spiro atoms. The molecule has 1 saturated heterocycles. The number of benzene rings is 2. The number of rotatable bonds is 9. The van der Waals surface area contributed by atoms with E-state index < -0.39 is 5.97 Å². The Labute approximate surface area is 223 Å². The molecule has 2 aromatic rings. The SMILES string of the molecule is CCC.CCC(C)C(=O)C[N+]1(CC(=O)Nc2c(C)cccc2C(=O)OC)CCCC(c2ccccc2)C1. The molecule has 202 valence electrons. The first-order valence-electron chi connectivity index (χ1n) is 13.6. The minimum atomic E-state index is -0.489. The molecule has 0 aromatic heterocycles. The van der Waals surface area contributed by atoms with Crippen molar-refractivity contribution in [2.24, 2.45) is 5.92 Å². The molecular weight excluding hydrogens is 464 g/mol. The van der Waals surface area contributed by atoms with E-state index >= 15 is 0 Å². The highest BCUT2D eigenvalue weighted by molar-refractivity contribution is 6.02. The van der Waals surface area contributed by atoms with Gasteiger partial charge in [0.2, 0.25) is 0 Å². The number of likely N-dealkylation sites (tertiary alicyclic amines) is 1. The molecule has 3 unspecified atom stereocenters. The van der Waals surface area contributed by atoms with Crippen LogP contribution in [-0.2, 0) is 14.3 Å². The van der Waals surface area contributed by atoms with E-state index in [2.05, 4.69) is 31.3 Å². The number of ketones is 1. The van der Waals surface area contributed by atoms with E-state index in [0.29, 0.717) is 28.2 Å². The Morgan fingerprint density at radius 3 is 2.32 bits per heavy atom. The van der Waals surface area contributed by atoms with Crippen molar-refractivity contribution in [1.29, 1.82) is 0 Å². The Morgan fingerprint density at radius 1 is 1.03 bits per heavy atom. The molecule has 3 rings (SSSR count). The number of piperidine rings is 1. The first-order valence-corrected chi connectivity index (χ1v) is 13.6. The van der Waals surface area contributed by atoms with Crippen LogP contribution in [0.2, 0.25) is 0 Å². The quantitative estimate of drug-likeness (QED) is 0.325. The van der Waals surface area contributed by atoms with E-state index in [-0.39, 0.29) is 24.2 Å². The van der Waals surface area contributed by atoms with Crippen LogP contribution in [0.5, 0.6) is 0 Å². The van der Waals surface area contributed by atoms with Gasteiger partial charge in [-0.15, -0.1) is 0 Å². The van der Waals surface area contributed by atoms with Gasteiger partial charge < -0.3 is 14.5 Å². The Balaban J connectivity index is 0.00000153. The summed E-state index contributed by atoms with van der Waals surface area (Å²) in [5, 5.41) is 2.97. The number of nitrogens with zero attached hydrogens (tertiary/aromatic N) is 1. The van der Waals surface area contributed by atoms with Crippen molar-refractivity contribution >= 4 is 23.3 Å². The summed E-state index contributed by atoms with van der Waals surface area (Å²) < 4.78 is 5.34. The normalized spacial score (nSPS) is 19.7. The van der Waals surface area contributed by atoms with Crippen LogP contribution in [-0.4, -0.2) is 55.4 Å². The average molecular weight is 510 g/mol. The van der Waals surface area contributed by atoms with Gasteiger partial charge in [0, 0.05) is 11.8 Å². The number of ether oxygens (including phenoxy) is 1. The Kier molecular flexibility index (Phi) is 12.0. The second kappa shape index (κ2) is 14.7. The first kappa shape index (κ1) is 30.2. The molecule has 0 saturated carbocycles. The lowest BCUT2D eigenvalue weighted by Crippen LogP contribution is -2.59. The number of para-hydroxylation sites is 1. The van der Waals surface area contributed by atoms with Crippen LogP contribution >= 0.6 is 0 Å². The van der Waals surface area contributed by atoms with E-state index in [0.717, 1.165) is 37.9 Å². The molecule has 1 N–H and O–H groups in total. The van der Waals surface area contributed by atoms with E-state index in [1.54, 1.807) is 12.1 Å². The molecule has 1 aliphatic heterocycles. The average Bonchev–Trinajstić information content (AvgIpc) is 2.89. The number of hydrogen-bond acceptors (Lipinski definition) is 4. The molecule has 1 heterocycles. The number of hydrogen-bond donors (Lipinski definition) is 1. The van der Waals surface area contributed by atoms with Gasteiger partial charge in [0.15, 0.2) is 12.3 Å². The van der Waals surface area contributed by atoms with Gasteiger partial charge in [0.05, 0.1) is 31.5 Å². The molecule has 37 heavy (non-hydrogen) atoms. The number of quaternary nitrogens is 1. The Morgan fingerprint density at radius 2 is 1.70 bits per heavy atom. The van der Waals surface area contributed by atoms with Crippen molar-refractivity contribution in [3.05, 3.63) is 65.2 Å². The summed E-state index contributed by atoms with van der Waals surface area (Å²) in [4.78, 5) is 38.7. The number of nitrogens with one attached hydrogen (secondary N) is 1. The summed E-state index contributed by atoms with van der Waals surface area (Å²) in [6.07, 6.45) is 4.05. The number of anilines is 1. The van der Waals surface area contributed by atoms with Gasteiger partial charge in [-0.1, -0.05) is 76.6 Å². The highest BCUT2D eigenvalue weighted by Gasteiger charge is 2.40. The van der Waals surface area contributed by atoms with Crippen LogP contribution in [0.15, 0.2) is 48.5 Å². The zero-order valence-corrected chi connectivity index (χ0v) is 23.5. The van der Waals surface area contributed by atoms with Gasteiger partial charge in [0.25, 0.3) is 5.91 Å². The van der Waals surface area contributed by atoms with Crippen LogP contribution < -0.4 is 5.32 Å². The lowest BCUT2D eigenvalue weighted by Gasteiger charge is -2.44. The molecule has 1 fully saturated rings. The fourth-order valence-corrected chi connectivity index (χ4v) is 4.97. The Bertz CT molecular complexity index is 1040. The van der Waals surface area contributed by atoms with E-state index in [9.17, 15) is 14.4 Å². The van der Waals surface area contributed by atoms with Crippen molar-refractivity contribution in [3.8, 4) is 0 Å². The second-order valence-electron chi connectivity index (χ2n) is 10.3. The van der Waals surface area contributed by atoms with Crippen LogP contribution in [0.4, 0.5) is 5.69 Å². The number of aryl methyl sites for hydroxylation is 1. The smallest absolute Gasteiger partial charge is 0.339 e. The molecule has 3 atom stereocenters. The van der Waals surface area contributed by atoms with Crippen molar-refractivity contribution in [1.82, 2.24) is 0 Å². The number of amides is 1. The summed E-state index contributed by atoms with van der Waals surface area (Å²) >= 11 is 0. The van der Waals surface area contributed by atoms with Gasteiger partial charge >= 0.3 is 5.97 Å². The fourth-order valence-electron chi connectivity index (χ4n) is 4.97. The largest absolute Gasteiger partial charge is 0.465 e. The third-order valence-corrected chi connectivity index (χ3v) is 7.14. The van der Waals surface area contributed by atoms with E-state index in [1.165, 1.54) is 19.1 Å². The fraction of sp³-hybridized carbons (Fsp3) is 0.516. The molecular formula is C31H45N2O4+. The maximum absolute atomic E-state index is 13.4. The zero-order valence-electron chi connectivity index (χ0n) is 23.5. The van der Waals surface area contributed by atoms with Crippen LogP contribution in [0.25, 0.3) is 0 Å². The van der Waals surface area contributed by atoms with E-state index in [1.807, 2.05) is 45.0 Å². The van der Waals surface area contributed by atoms with Gasteiger partial charge in [-0.2, -0.15) is 0 Å². The Hall–Kier alpha value is -2.99. The maximum Gasteiger partial charge on any atom is 0.339 e. The second-order valence-corrected chi connectivity index (χ2v) is 10.3. The number of methoxy groups -OCH3 is 1. The van der Waals surface area contributed by atoms with Gasteiger partial charge in [-0.25, -0.2) is 4.79 Å². The molecule has 0 aliphatic carbocycles. The number of Topliss-reactive ketones (excluding diaryl/α,β-unsaturated/α-hetero) is 1. The van der Waals surface area contributed by atoms with Gasteiger partial charge in [-0.05, 0) is 43.4 Å². The maximum atomic E-state index is 13.4. The van der Waals surface area contributed by atoms with Crippen molar-refractivity contribution in [3.63, 3.8) is 0 Å². The number of carbonyl (C=O) groups is 3. The molecule has 1 aliphatic rings. The van der Waals surface area contributed by atoms with Gasteiger partial charge in [-0.3, -0.25) is 9.59 Å². The molecule has 0 bridgehead atoms. The summed E-state index contributed by atoms with van der Waals surface area (Å²) in [5.74, 6) is -0.203. The predicted octanol–water partition coefficient (Wildman–Crippen LogP) is 6.15. The first-order chi connectivity index (χ1) is 17.7. The lowest BCUT2D eigenvalue weighted by molar-refractivity contribution is -0.919. The summed E-state index contributed by atoms with van der Waals surface area (Å²) in [5.41, 5.74) is 2.86. The van der Waals surface area contributed by atoms with Gasteiger partial charge in [0.1, 0.15) is 6.54 Å². The zero-order chi connectivity index (χ0) is 27.4. The highest BCUT2D eigenvalue weighted by Crippen LogP contribution is 2.32. The molecule has 6 heteroatoms. The van der Waals surface area contributed by atoms with Crippen LogP contribution in [0, 0.1) is 12.8 Å². The molecule has 0 radical (unpaired) electrons. The minimum Gasteiger partial charge on any atom is -0.465 e. The molecule has 1 amide bonds. The lowest BCUT2D eigenvalue weighted by atomic mass is 9.88. The third-order valence-electron chi connectivity index (χ3n) is 7.14. The number of carbonyl (C=O) groups excluding carboxylic acids is 3. The summed E-state index contributed by atoms with van der Waals surface area (Å²) in [6.45, 7) is 12.2. The van der Waals surface area contributed by atoms with Crippen molar-refractivity contribution in [2.75, 3.05) is 38.6 Å². The van der Waals surface area contributed by atoms with Crippen LogP contribution in [0.3, 0.4) is 0 Å². The third kappa shape index (κ3) is 8.53. The number of esters is 1. The standard InChI is InChI=1S/C28H36N2O4.C3H8/c1-5-20(2)25(31)18-30(16-10-14-23(17-30)22-12-7-6-8-13-22)19-26(32)29-27-21(3)11-9-15-24(27)28(33)34-4;1-3-2/h6-9,11-13,15,20,23H,5,10,14,16-19H2,1-4H3;3H2,1-2H3/p+1. The predicted molar refractivity (Wildman–Crippen MR) is 150 cm³/mol. The summed E-state index contributed by atoms with van der Waals surface area (Å²) in [7, 11) is 1.33.